The fourth-order valence-electron chi connectivity index (χ4n) is 0.633. The van der Waals surface area contributed by atoms with Crippen LogP contribution in [0.4, 0.5) is 0 Å². The minimum absolute atomic E-state index is 0.0361. The summed E-state index contributed by atoms with van der Waals surface area (Å²) >= 11 is 10.6. The van der Waals surface area contributed by atoms with Gasteiger partial charge in [-0.05, 0) is 36.2 Å². The molecule has 0 bridgehead atoms. The first-order valence-electron chi connectivity index (χ1n) is 2.80. The molecule has 0 amide bonds. The summed E-state index contributed by atoms with van der Waals surface area (Å²) in [5, 5.41) is -0.591. The van der Waals surface area contributed by atoms with Crippen LogP contribution in [-0.2, 0) is 0 Å². The number of carbonyl (C=O) groups is 1. The van der Waals surface area contributed by atoms with E-state index >= 15 is 0 Å². The molecule has 1 rings (SSSR count). The van der Waals surface area contributed by atoms with Crippen LogP contribution in [0.3, 0.4) is 0 Å². The van der Waals surface area contributed by atoms with Gasteiger partial charge in [0.05, 0.1) is 0 Å². The third kappa shape index (κ3) is 2.13. The summed E-state index contributed by atoms with van der Waals surface area (Å²) in [6, 6.07) is 1.47. The van der Waals surface area contributed by atoms with Crippen LogP contribution in [0.2, 0.25) is 5.28 Å². The lowest BCUT2D eigenvalue weighted by Gasteiger charge is -1.95. The van der Waals surface area contributed by atoms with E-state index in [0.29, 0.717) is 5.69 Å². The van der Waals surface area contributed by atoms with Crippen molar-refractivity contribution in [2.45, 2.75) is 6.92 Å². The summed E-state index contributed by atoms with van der Waals surface area (Å²) < 4.78 is 0. The fourth-order valence-corrected chi connectivity index (χ4v) is 0.954. The molecular formula is C6H4Cl2N2O. The van der Waals surface area contributed by atoms with Crippen LogP contribution in [0.1, 0.15) is 16.2 Å². The van der Waals surface area contributed by atoms with Crippen LogP contribution in [0.25, 0.3) is 0 Å². The molecule has 0 unspecified atom stereocenters. The molecule has 5 heteroatoms. The summed E-state index contributed by atoms with van der Waals surface area (Å²) in [5.74, 6) is 0. The van der Waals surface area contributed by atoms with Crippen molar-refractivity contribution < 1.29 is 4.79 Å². The van der Waals surface area contributed by atoms with Crippen molar-refractivity contribution in [1.82, 2.24) is 9.97 Å². The van der Waals surface area contributed by atoms with E-state index in [2.05, 4.69) is 9.97 Å². The quantitative estimate of drug-likeness (QED) is 0.502. The minimum atomic E-state index is -0.627. The Kier molecular flexibility index (Phi) is 2.42. The second-order valence-electron chi connectivity index (χ2n) is 1.94. The summed E-state index contributed by atoms with van der Waals surface area (Å²) in [5.41, 5.74) is 0.748. The molecule has 0 spiro atoms. The normalized spacial score (nSPS) is 9.73. The maximum absolute atomic E-state index is 10.6. The Morgan fingerprint density at radius 2 is 2.18 bits per heavy atom. The molecule has 0 aliphatic heterocycles. The first-order valence-corrected chi connectivity index (χ1v) is 3.56. The molecule has 11 heavy (non-hydrogen) atoms. The van der Waals surface area contributed by atoms with E-state index in [4.69, 9.17) is 23.2 Å². The van der Waals surface area contributed by atoms with E-state index in [1.807, 2.05) is 0 Å². The average molecular weight is 191 g/mol. The van der Waals surface area contributed by atoms with Gasteiger partial charge in [0.2, 0.25) is 5.28 Å². The van der Waals surface area contributed by atoms with Gasteiger partial charge in [0.1, 0.15) is 5.69 Å². The standard InChI is InChI=1S/C6H4Cl2N2O/c1-3-2-4(5(7)11)10-6(8)9-3/h2H,1H3. The zero-order valence-electron chi connectivity index (χ0n) is 5.64. The lowest BCUT2D eigenvalue weighted by Crippen LogP contribution is -1.97. The van der Waals surface area contributed by atoms with Gasteiger partial charge >= 0.3 is 0 Å². The third-order valence-corrected chi connectivity index (χ3v) is 1.39. The topological polar surface area (TPSA) is 42.9 Å². The highest BCUT2D eigenvalue weighted by atomic mass is 35.5. The molecule has 1 heterocycles. The molecule has 3 nitrogen and oxygen atoms in total. The molecule has 0 saturated carbocycles. The van der Waals surface area contributed by atoms with Gasteiger partial charge in [-0.15, -0.1) is 0 Å². The molecule has 0 fully saturated rings. The second-order valence-corrected chi connectivity index (χ2v) is 2.62. The van der Waals surface area contributed by atoms with Crippen LogP contribution in [-0.4, -0.2) is 15.2 Å². The molecule has 0 aromatic carbocycles. The molecule has 1 aromatic heterocycles. The summed E-state index contributed by atoms with van der Waals surface area (Å²) in [6.07, 6.45) is 0. The van der Waals surface area contributed by atoms with Crippen molar-refractivity contribution in [3.63, 3.8) is 0 Å². The lowest BCUT2D eigenvalue weighted by molar-refractivity contribution is 0.107. The van der Waals surface area contributed by atoms with E-state index < -0.39 is 5.24 Å². The molecule has 0 N–H and O–H groups in total. The van der Waals surface area contributed by atoms with Gasteiger partial charge < -0.3 is 0 Å². The van der Waals surface area contributed by atoms with Crippen molar-refractivity contribution in [2.24, 2.45) is 0 Å². The number of hydrogen-bond donors (Lipinski definition) is 0. The smallest absolute Gasteiger partial charge is 0.271 e. The number of aryl methyl sites for hydroxylation is 1. The van der Waals surface area contributed by atoms with Gasteiger partial charge in [0.25, 0.3) is 5.24 Å². The maximum atomic E-state index is 10.6. The van der Waals surface area contributed by atoms with Gasteiger partial charge in [-0.2, -0.15) is 0 Å². The summed E-state index contributed by atoms with van der Waals surface area (Å²) in [7, 11) is 0. The monoisotopic (exact) mass is 190 g/mol. The lowest BCUT2D eigenvalue weighted by atomic mass is 10.3. The van der Waals surface area contributed by atoms with E-state index in [0.717, 1.165) is 0 Å². The maximum Gasteiger partial charge on any atom is 0.271 e. The molecule has 0 aliphatic carbocycles. The number of halogens is 2. The molecule has 58 valence electrons. The van der Waals surface area contributed by atoms with Crippen LogP contribution in [0, 0.1) is 6.92 Å². The number of hydrogen-bond acceptors (Lipinski definition) is 3. The molecule has 0 atom stereocenters. The minimum Gasteiger partial charge on any atom is -0.274 e. The average Bonchev–Trinajstić information content (AvgIpc) is 1.85. The highest BCUT2D eigenvalue weighted by Gasteiger charge is 2.05. The first kappa shape index (κ1) is 8.43. The first-order chi connectivity index (χ1) is 5.09. The Morgan fingerprint density at radius 3 is 2.64 bits per heavy atom. The van der Waals surface area contributed by atoms with Crippen LogP contribution < -0.4 is 0 Å². The number of aromatic nitrogens is 2. The SMILES string of the molecule is Cc1cc(C(=O)Cl)nc(Cl)n1. The van der Waals surface area contributed by atoms with E-state index in [9.17, 15) is 4.79 Å². The van der Waals surface area contributed by atoms with Crippen LogP contribution >= 0.6 is 23.2 Å². The zero-order chi connectivity index (χ0) is 8.43. The molecule has 0 radical (unpaired) electrons. The van der Waals surface area contributed by atoms with E-state index in [1.165, 1.54) is 6.07 Å². The fraction of sp³-hybridized carbons (Fsp3) is 0.167. The summed E-state index contributed by atoms with van der Waals surface area (Å²) in [6.45, 7) is 1.71. The van der Waals surface area contributed by atoms with Gasteiger partial charge in [-0.3, -0.25) is 4.79 Å². The highest BCUT2D eigenvalue weighted by molar-refractivity contribution is 6.67. The number of nitrogens with zero attached hydrogens (tertiary/aromatic N) is 2. The predicted octanol–water partition coefficient (Wildman–Crippen LogP) is 1.82. The number of carbonyl (C=O) groups excluding carboxylic acids is 1. The van der Waals surface area contributed by atoms with Gasteiger partial charge in [-0.1, -0.05) is 0 Å². The Hall–Kier alpha value is -0.670. The Morgan fingerprint density at radius 1 is 1.55 bits per heavy atom. The van der Waals surface area contributed by atoms with Crippen molar-refractivity contribution in [2.75, 3.05) is 0 Å². The van der Waals surface area contributed by atoms with Crippen molar-refractivity contribution in [3.05, 3.63) is 22.7 Å². The largest absolute Gasteiger partial charge is 0.274 e. The second kappa shape index (κ2) is 3.15. The molecular weight excluding hydrogens is 187 g/mol. The van der Waals surface area contributed by atoms with Crippen molar-refractivity contribution in [1.29, 1.82) is 0 Å². The van der Waals surface area contributed by atoms with Gasteiger partial charge in [0.15, 0.2) is 0 Å². The third-order valence-electron chi connectivity index (χ3n) is 1.03. The Balaban J connectivity index is 3.19. The van der Waals surface area contributed by atoms with Crippen molar-refractivity contribution in [3.8, 4) is 0 Å². The van der Waals surface area contributed by atoms with E-state index in [-0.39, 0.29) is 11.0 Å². The van der Waals surface area contributed by atoms with Crippen LogP contribution in [0.5, 0.6) is 0 Å². The highest BCUT2D eigenvalue weighted by Crippen LogP contribution is 2.06. The summed E-state index contributed by atoms with van der Waals surface area (Å²) in [4.78, 5) is 17.9. The number of rotatable bonds is 1. The predicted molar refractivity (Wildman–Crippen MR) is 42.0 cm³/mol. The Bertz CT molecular complexity index is 280. The van der Waals surface area contributed by atoms with Gasteiger partial charge in [0, 0.05) is 5.69 Å². The van der Waals surface area contributed by atoms with E-state index in [1.54, 1.807) is 6.92 Å². The van der Waals surface area contributed by atoms with Crippen LogP contribution in [0.15, 0.2) is 6.07 Å². The Labute approximate surface area is 73.4 Å². The molecule has 0 saturated heterocycles. The molecule has 1 aromatic rings. The zero-order valence-corrected chi connectivity index (χ0v) is 7.15. The van der Waals surface area contributed by atoms with Crippen molar-refractivity contribution >= 4 is 28.4 Å². The van der Waals surface area contributed by atoms with Gasteiger partial charge in [-0.25, -0.2) is 9.97 Å². The molecule has 0 aliphatic rings.